The second-order valence-electron chi connectivity index (χ2n) is 7.84. The van der Waals surface area contributed by atoms with Crippen molar-refractivity contribution in [2.45, 2.75) is 46.6 Å². The van der Waals surface area contributed by atoms with Gasteiger partial charge in [0.15, 0.2) is 11.7 Å². The van der Waals surface area contributed by atoms with Gasteiger partial charge in [-0.1, -0.05) is 55.5 Å². The highest BCUT2D eigenvalue weighted by atomic mass is 15.0. The average molecular weight is 387 g/mol. The fourth-order valence-electron chi connectivity index (χ4n) is 3.14. The molecule has 1 unspecified atom stereocenters. The maximum Gasteiger partial charge on any atom is 0.214 e. The maximum absolute atomic E-state index is 4.32. The first kappa shape index (κ1) is 22.3. The third-order valence-corrected chi connectivity index (χ3v) is 5.18. The van der Waals surface area contributed by atoms with E-state index in [-0.39, 0.29) is 5.92 Å². The van der Waals surface area contributed by atoms with Gasteiger partial charge in [-0.05, 0) is 38.5 Å². The van der Waals surface area contributed by atoms with E-state index in [0.717, 1.165) is 22.6 Å². The van der Waals surface area contributed by atoms with Crippen LogP contribution < -0.4 is 0 Å². The number of hydrogen-bond donors (Lipinski definition) is 0. The van der Waals surface area contributed by atoms with E-state index in [1.54, 1.807) is 6.08 Å². The minimum atomic E-state index is 0.246. The summed E-state index contributed by atoms with van der Waals surface area (Å²) in [7, 11) is 0. The highest BCUT2D eigenvalue weighted by molar-refractivity contribution is 5.64. The molecule has 29 heavy (non-hydrogen) atoms. The fourth-order valence-corrected chi connectivity index (χ4v) is 3.14. The van der Waals surface area contributed by atoms with Crippen molar-refractivity contribution in [3.63, 3.8) is 0 Å². The molecule has 0 aromatic heterocycles. The molecule has 2 rings (SSSR count). The smallest absolute Gasteiger partial charge is 0.203 e. The fraction of sp³-hybridized carbons (Fsp3) is 0.259. The van der Waals surface area contributed by atoms with Crippen LogP contribution in [0.3, 0.4) is 0 Å². The summed E-state index contributed by atoms with van der Waals surface area (Å²) in [5.41, 5.74) is 6.85. The summed E-state index contributed by atoms with van der Waals surface area (Å²) in [6, 6.07) is 17.5. The van der Waals surface area contributed by atoms with Gasteiger partial charge in [0.2, 0.25) is 11.4 Å². The van der Waals surface area contributed by atoms with Crippen molar-refractivity contribution in [1.82, 2.24) is 0 Å². The first-order valence-corrected chi connectivity index (χ1v) is 10.1. The largest absolute Gasteiger partial charge is 0.214 e. The van der Waals surface area contributed by atoms with E-state index >= 15 is 0 Å². The van der Waals surface area contributed by atoms with Crippen LogP contribution in [0.2, 0.25) is 0 Å². The Balaban J connectivity index is 2.56. The zero-order chi connectivity index (χ0) is 21.6. The van der Waals surface area contributed by atoms with Crippen molar-refractivity contribution in [2.24, 2.45) is 0 Å². The molecule has 2 nitrogen and oxygen atoms in total. The zero-order valence-corrected chi connectivity index (χ0v) is 18.5. The van der Waals surface area contributed by atoms with Crippen LogP contribution in [0, 0.1) is 6.92 Å². The van der Waals surface area contributed by atoms with Crippen molar-refractivity contribution in [3.8, 4) is 0 Å². The molecule has 150 valence electrons. The molecule has 1 atom stereocenters. The molecular formula is C27H34N2+2. The van der Waals surface area contributed by atoms with Crippen LogP contribution in [-0.4, -0.2) is 28.6 Å². The zero-order valence-electron chi connectivity index (χ0n) is 18.5. The minimum absolute atomic E-state index is 0.246. The Morgan fingerprint density at radius 3 is 2.24 bits per heavy atom. The van der Waals surface area contributed by atoms with Crippen molar-refractivity contribution >= 4 is 24.8 Å². The molecule has 0 aliphatic rings. The van der Waals surface area contributed by atoms with E-state index in [1.165, 1.54) is 11.1 Å². The highest BCUT2D eigenvalue weighted by Gasteiger charge is 2.21. The van der Waals surface area contributed by atoms with Crippen molar-refractivity contribution in [3.05, 3.63) is 95.7 Å². The first-order chi connectivity index (χ1) is 13.7. The van der Waals surface area contributed by atoms with Gasteiger partial charge in [0.05, 0.1) is 5.56 Å². The molecule has 0 aliphatic carbocycles. The van der Waals surface area contributed by atoms with E-state index in [2.05, 4.69) is 102 Å². The molecule has 0 amide bonds. The minimum Gasteiger partial charge on any atom is -0.203 e. The molecule has 0 spiro atoms. The van der Waals surface area contributed by atoms with E-state index in [1.807, 2.05) is 22.2 Å². The number of nitrogens with zero attached hydrogens (tertiary/aromatic N) is 2. The Morgan fingerprint density at radius 1 is 1.00 bits per heavy atom. The summed E-state index contributed by atoms with van der Waals surface area (Å²) in [6.45, 7) is 23.0. The van der Waals surface area contributed by atoms with Gasteiger partial charge in [0.1, 0.15) is 13.4 Å². The molecule has 2 heteroatoms. The van der Waals surface area contributed by atoms with Crippen molar-refractivity contribution < 1.29 is 9.15 Å². The van der Waals surface area contributed by atoms with Gasteiger partial charge in [-0.2, -0.15) is 4.58 Å². The van der Waals surface area contributed by atoms with Gasteiger partial charge in [-0.3, -0.25) is 0 Å². The van der Waals surface area contributed by atoms with Crippen LogP contribution in [0.4, 0.5) is 5.69 Å². The van der Waals surface area contributed by atoms with Crippen LogP contribution >= 0.6 is 0 Å². The summed E-state index contributed by atoms with van der Waals surface area (Å²) in [5.74, 6) is 0.246. The van der Waals surface area contributed by atoms with E-state index in [9.17, 15) is 0 Å². The second kappa shape index (κ2) is 9.97. The standard InChI is InChI=1S/C27H34N2/c1-9-11-23(6)29(8)27(18-22(5)24-16-14-21(4)15-17-24)25-12-10-13-26(19-25)28(7)20(2)3/h9-20,22H,1,7-8H2,2-6H3/q+2/b23-11+,27-18-. The monoisotopic (exact) mass is 386 g/mol. The Kier molecular flexibility index (Phi) is 7.67. The molecule has 0 fully saturated rings. The molecule has 0 aliphatic heterocycles. The topological polar surface area (TPSA) is 6.02 Å². The van der Waals surface area contributed by atoms with Gasteiger partial charge in [0.25, 0.3) is 0 Å². The first-order valence-electron chi connectivity index (χ1n) is 10.1. The Morgan fingerprint density at radius 2 is 1.66 bits per heavy atom. The lowest BCUT2D eigenvalue weighted by Crippen LogP contribution is -2.13. The van der Waals surface area contributed by atoms with Crippen molar-refractivity contribution in [1.29, 1.82) is 0 Å². The number of benzene rings is 2. The Hall–Kier alpha value is -3.00. The molecule has 0 radical (unpaired) electrons. The normalized spacial score (nSPS) is 13.3. The van der Waals surface area contributed by atoms with Crippen LogP contribution in [0.25, 0.3) is 5.70 Å². The predicted octanol–water partition coefficient (Wildman–Crippen LogP) is 6.70. The Bertz CT molecular complexity index is 956. The highest BCUT2D eigenvalue weighted by Crippen LogP contribution is 2.28. The van der Waals surface area contributed by atoms with Gasteiger partial charge in [-0.15, -0.1) is 0 Å². The van der Waals surface area contributed by atoms with Crippen LogP contribution in [0.1, 0.15) is 50.3 Å². The number of aryl methyl sites for hydroxylation is 1. The molecule has 2 aromatic carbocycles. The molecular weight excluding hydrogens is 352 g/mol. The van der Waals surface area contributed by atoms with Gasteiger partial charge >= 0.3 is 0 Å². The average Bonchev–Trinajstić information content (AvgIpc) is 2.71. The maximum atomic E-state index is 4.32. The number of hydrogen-bond acceptors (Lipinski definition) is 0. The SMILES string of the molecule is C=C/C=C(\C)[N+](=C)/C(=C\C(C)c1ccc(C)cc1)c1cccc([N+](=C)C(C)C)c1. The quantitative estimate of drug-likeness (QED) is 0.271. The lowest BCUT2D eigenvalue weighted by atomic mass is 9.97. The van der Waals surface area contributed by atoms with E-state index < -0.39 is 0 Å². The molecule has 0 bridgehead atoms. The third kappa shape index (κ3) is 5.74. The van der Waals surface area contributed by atoms with Crippen molar-refractivity contribution in [2.75, 3.05) is 0 Å². The van der Waals surface area contributed by atoms with E-state index in [0.29, 0.717) is 6.04 Å². The molecule has 2 aromatic rings. The Labute approximate surface area is 176 Å². The summed E-state index contributed by atoms with van der Waals surface area (Å²) < 4.78 is 4.01. The molecule has 0 saturated carbocycles. The van der Waals surface area contributed by atoms with Crippen LogP contribution in [-0.2, 0) is 0 Å². The summed E-state index contributed by atoms with van der Waals surface area (Å²) >= 11 is 0. The summed E-state index contributed by atoms with van der Waals surface area (Å²) in [5, 5.41) is 0. The van der Waals surface area contributed by atoms with Gasteiger partial charge < -0.3 is 0 Å². The molecule has 0 heterocycles. The van der Waals surface area contributed by atoms with Gasteiger partial charge in [0, 0.05) is 31.1 Å². The number of rotatable bonds is 8. The molecule has 0 N–H and O–H groups in total. The predicted molar refractivity (Wildman–Crippen MR) is 128 cm³/mol. The summed E-state index contributed by atoms with van der Waals surface area (Å²) in [6.07, 6.45) is 6.05. The summed E-state index contributed by atoms with van der Waals surface area (Å²) in [4.78, 5) is 0. The third-order valence-electron chi connectivity index (χ3n) is 5.18. The van der Waals surface area contributed by atoms with E-state index in [4.69, 9.17) is 0 Å². The molecule has 0 saturated heterocycles. The van der Waals surface area contributed by atoms with Gasteiger partial charge in [-0.25, -0.2) is 4.58 Å². The lowest BCUT2D eigenvalue weighted by molar-refractivity contribution is -0.466. The van der Waals surface area contributed by atoms with Crippen LogP contribution in [0.5, 0.6) is 0 Å². The second-order valence-corrected chi connectivity index (χ2v) is 7.84. The number of allylic oxidation sites excluding steroid dienone is 4. The van der Waals surface area contributed by atoms with Crippen LogP contribution in [0.15, 0.2) is 79.0 Å². The lowest BCUT2D eigenvalue weighted by Gasteiger charge is -2.12.